The number of aromatic nitrogens is 4. The van der Waals surface area contributed by atoms with Crippen molar-refractivity contribution in [3.8, 4) is 0 Å². The lowest BCUT2D eigenvalue weighted by Gasteiger charge is -2.34. The summed E-state index contributed by atoms with van der Waals surface area (Å²) in [6.45, 7) is 6.49. The molecular weight excluding hydrogens is 983 g/mol. The van der Waals surface area contributed by atoms with Gasteiger partial charge >= 0.3 is 0 Å². The van der Waals surface area contributed by atoms with Crippen LogP contribution in [0.3, 0.4) is 0 Å². The number of rotatable bonds is 11. The molecule has 0 radical (unpaired) electrons. The van der Waals surface area contributed by atoms with Crippen molar-refractivity contribution in [2.45, 2.75) is 25.9 Å². The molecule has 9 rings (SSSR count). The lowest BCUT2D eigenvalue weighted by Crippen LogP contribution is -2.48. The highest BCUT2D eigenvalue weighted by atomic mass is 79.9. The predicted octanol–water partition coefficient (Wildman–Crippen LogP) is 8.95. The number of benzene rings is 2. The summed E-state index contributed by atoms with van der Waals surface area (Å²) in [7, 11) is 0. The van der Waals surface area contributed by atoms with Crippen molar-refractivity contribution in [1.29, 1.82) is 0 Å². The smallest absolute Gasteiger partial charge is 0.256 e. The predicted molar refractivity (Wildman–Crippen MR) is 254 cm³/mol. The summed E-state index contributed by atoms with van der Waals surface area (Å²) in [5.41, 5.74) is 2.56. The minimum atomic E-state index is -0.681. The van der Waals surface area contributed by atoms with E-state index in [2.05, 4.69) is 51.3 Å². The number of carbonyl (C=O) groups is 3. The van der Waals surface area contributed by atoms with Gasteiger partial charge in [0.25, 0.3) is 11.8 Å². The number of hydrogen-bond donors (Lipinski definition) is 2. The molecule has 0 saturated carbocycles. The van der Waals surface area contributed by atoms with Crippen LogP contribution in [0.15, 0.2) is 88.3 Å². The number of thiazole rings is 2. The summed E-state index contributed by atoms with van der Waals surface area (Å²) in [5.74, 6) is -0.554. The van der Waals surface area contributed by atoms with Gasteiger partial charge in [0.2, 0.25) is 5.91 Å². The van der Waals surface area contributed by atoms with Crippen molar-refractivity contribution < 1.29 is 23.2 Å². The molecule has 338 valence electrons. The largest absolute Gasteiger partial charge is 0.336 e. The SMILES string of the molecule is O=C(c1cccc(Cl)c1F)N1CCN(Cc2cc(Br)cc(Nc3nccs3)n2)CC1.O=C(c1cccc(Cl)c1F)N1CCN(Cc2cc(N3CCCC3=O)cc(Nc3nccs3)n2)CC1. The van der Waals surface area contributed by atoms with Crippen molar-refractivity contribution in [3.63, 3.8) is 0 Å². The average molecular weight is 1030 g/mol. The average Bonchev–Trinajstić information content (AvgIpc) is 4.11. The molecule has 3 saturated heterocycles. The first kappa shape index (κ1) is 46.4. The van der Waals surface area contributed by atoms with Gasteiger partial charge in [0.05, 0.1) is 32.6 Å². The third kappa shape index (κ3) is 11.8. The van der Waals surface area contributed by atoms with Gasteiger partial charge in [-0.15, -0.1) is 22.7 Å². The summed E-state index contributed by atoms with van der Waals surface area (Å²) < 4.78 is 29.4. The van der Waals surface area contributed by atoms with Crippen LogP contribution in [0.25, 0.3) is 0 Å². The van der Waals surface area contributed by atoms with Crippen molar-refractivity contribution in [2.24, 2.45) is 0 Å². The van der Waals surface area contributed by atoms with Gasteiger partial charge in [-0.2, -0.15) is 0 Å². The number of nitrogens with zero attached hydrogens (tertiary/aromatic N) is 9. The van der Waals surface area contributed by atoms with Crippen LogP contribution in [0.2, 0.25) is 10.0 Å². The molecule has 2 N–H and O–H groups in total. The Balaban J connectivity index is 0.000000179. The summed E-state index contributed by atoms with van der Waals surface area (Å²) in [5, 5.41) is 11.6. The number of amides is 3. The van der Waals surface area contributed by atoms with Crippen molar-refractivity contribution >= 4 is 107 Å². The maximum Gasteiger partial charge on any atom is 0.256 e. The molecule has 3 aliphatic heterocycles. The highest BCUT2D eigenvalue weighted by Gasteiger charge is 2.28. The number of nitrogens with one attached hydrogen (secondary N) is 2. The van der Waals surface area contributed by atoms with Gasteiger partial charge in [-0.25, -0.2) is 28.7 Å². The van der Waals surface area contributed by atoms with E-state index in [4.69, 9.17) is 28.2 Å². The molecule has 21 heteroatoms. The van der Waals surface area contributed by atoms with Crippen LogP contribution in [0.1, 0.15) is 44.9 Å². The van der Waals surface area contributed by atoms with Crippen molar-refractivity contribution in [1.82, 2.24) is 39.5 Å². The van der Waals surface area contributed by atoms with Crippen molar-refractivity contribution in [3.05, 3.63) is 132 Å². The fourth-order valence-corrected chi connectivity index (χ4v) is 9.54. The van der Waals surface area contributed by atoms with E-state index in [1.165, 1.54) is 46.9 Å². The molecule has 0 spiro atoms. The highest BCUT2D eigenvalue weighted by molar-refractivity contribution is 9.10. The van der Waals surface area contributed by atoms with Gasteiger partial charge in [0.1, 0.15) is 11.6 Å². The number of pyridine rings is 2. The molecule has 3 amide bonds. The van der Waals surface area contributed by atoms with E-state index in [1.807, 2.05) is 35.0 Å². The quantitative estimate of drug-likeness (QED) is 0.128. The standard InChI is InChI=1S/C24H24ClFN6O2S.C20H18BrClFN5OS/c25-19-4-1-3-18(22(19)26)23(34)31-10-8-30(9-11-31)15-16-13-17(32-7-2-5-21(32)33)14-20(28-16)29-24-27-6-12-35-24;21-13-10-14(25-17(11-13)26-20-24-4-9-30-20)12-27-5-7-28(8-6-27)19(29)15-2-1-3-16(22)18(15)23/h1,3-4,6,12-14H,2,5,7-11,15H2,(H,27,28,29);1-4,9-11H,5-8,12H2,(H,24,25,26). The summed E-state index contributed by atoms with van der Waals surface area (Å²) in [6.07, 6.45) is 4.85. The van der Waals surface area contributed by atoms with Crippen molar-refractivity contribution in [2.75, 3.05) is 74.4 Å². The zero-order chi connectivity index (χ0) is 45.5. The second-order valence-corrected chi connectivity index (χ2v) is 18.8. The Morgan fingerprint density at radius 1 is 0.677 bits per heavy atom. The Morgan fingerprint density at radius 3 is 1.63 bits per heavy atom. The first-order valence-corrected chi connectivity index (χ1v) is 24.0. The first-order valence-electron chi connectivity index (χ1n) is 20.7. The maximum absolute atomic E-state index is 14.3. The minimum Gasteiger partial charge on any atom is -0.336 e. The number of anilines is 5. The topological polar surface area (TPSA) is 143 Å². The van der Waals surface area contributed by atoms with E-state index >= 15 is 0 Å². The lowest BCUT2D eigenvalue weighted by molar-refractivity contribution is -0.117. The fourth-order valence-electron chi connectivity index (χ4n) is 7.63. The van der Waals surface area contributed by atoms with E-state index in [0.717, 1.165) is 44.0 Å². The molecule has 0 unspecified atom stereocenters. The van der Waals surface area contributed by atoms with E-state index in [-0.39, 0.29) is 38.9 Å². The Morgan fingerprint density at radius 2 is 1.17 bits per heavy atom. The molecule has 0 bridgehead atoms. The summed E-state index contributed by atoms with van der Waals surface area (Å²) >= 11 is 18.2. The molecule has 14 nitrogen and oxygen atoms in total. The molecule has 3 aliphatic rings. The molecule has 65 heavy (non-hydrogen) atoms. The Hall–Kier alpha value is -5.15. The Bertz CT molecular complexity index is 2640. The zero-order valence-corrected chi connectivity index (χ0v) is 39.5. The molecule has 7 heterocycles. The van der Waals surface area contributed by atoms with Crippen LogP contribution < -0.4 is 15.5 Å². The summed E-state index contributed by atoms with van der Waals surface area (Å²) in [6, 6.07) is 16.7. The molecule has 4 aromatic heterocycles. The van der Waals surface area contributed by atoms with Crippen LogP contribution in [0, 0.1) is 11.6 Å². The van der Waals surface area contributed by atoms with Gasteiger partial charge in [-0.3, -0.25) is 24.2 Å². The Kier molecular flexibility index (Phi) is 15.3. The van der Waals surface area contributed by atoms with Crippen LogP contribution in [-0.2, 0) is 17.9 Å². The second kappa shape index (κ2) is 21.4. The van der Waals surface area contributed by atoms with E-state index < -0.39 is 11.6 Å². The molecule has 0 aliphatic carbocycles. The fraction of sp³-hybridized carbons (Fsp3) is 0.295. The third-order valence-corrected chi connectivity index (χ3v) is 13.3. The van der Waals surface area contributed by atoms with Gasteiger partial charge in [0, 0.05) is 118 Å². The van der Waals surface area contributed by atoms with E-state index in [1.54, 1.807) is 39.2 Å². The molecule has 6 aromatic rings. The zero-order valence-electron chi connectivity index (χ0n) is 34.7. The number of halogens is 5. The van der Waals surface area contributed by atoms with Gasteiger partial charge in [-0.1, -0.05) is 51.3 Å². The van der Waals surface area contributed by atoms with Gasteiger partial charge < -0.3 is 25.3 Å². The van der Waals surface area contributed by atoms with Crippen LogP contribution in [0.5, 0.6) is 0 Å². The first-order chi connectivity index (χ1) is 31.5. The monoisotopic (exact) mass is 1020 g/mol. The second-order valence-electron chi connectivity index (χ2n) is 15.3. The van der Waals surface area contributed by atoms with Gasteiger partial charge in [-0.05, 0) is 48.9 Å². The van der Waals surface area contributed by atoms with E-state index in [9.17, 15) is 23.2 Å². The van der Waals surface area contributed by atoms with Crippen LogP contribution in [0.4, 0.5) is 36.4 Å². The molecular formula is C44H42BrCl2F2N11O3S2. The Labute approximate surface area is 400 Å². The number of piperazine rings is 2. The van der Waals surface area contributed by atoms with Gasteiger partial charge in [0.15, 0.2) is 21.9 Å². The third-order valence-electron chi connectivity index (χ3n) is 10.9. The molecule has 0 atom stereocenters. The molecule has 3 fully saturated rings. The summed E-state index contributed by atoms with van der Waals surface area (Å²) in [4.78, 5) is 65.2. The van der Waals surface area contributed by atoms with E-state index in [0.29, 0.717) is 84.2 Å². The molecule has 2 aromatic carbocycles. The van der Waals surface area contributed by atoms with Crippen LogP contribution in [-0.4, -0.2) is 116 Å². The van der Waals surface area contributed by atoms with Crippen LogP contribution >= 0.6 is 61.8 Å². The maximum atomic E-state index is 14.3. The highest BCUT2D eigenvalue weighted by Crippen LogP contribution is 2.29. The number of carbonyl (C=O) groups excluding carboxylic acids is 3. The lowest BCUT2D eigenvalue weighted by atomic mass is 10.1. The minimum absolute atomic E-state index is 0.00602. The normalized spacial score (nSPS) is 15.8. The number of hydrogen-bond acceptors (Lipinski definition) is 13.